The van der Waals surface area contributed by atoms with Crippen molar-refractivity contribution in [3.05, 3.63) is 42.3 Å². The average Bonchev–Trinajstić information content (AvgIpc) is 2.90. The highest BCUT2D eigenvalue weighted by Crippen LogP contribution is 2.37. The van der Waals surface area contributed by atoms with E-state index < -0.39 is 11.2 Å². The molecule has 1 atom stereocenters. The Kier molecular flexibility index (Phi) is 4.06. The van der Waals surface area contributed by atoms with E-state index in [1.807, 2.05) is 0 Å². The minimum absolute atomic E-state index is 0.245. The second-order valence-corrected chi connectivity index (χ2v) is 6.72. The van der Waals surface area contributed by atoms with Crippen LogP contribution in [0.15, 0.2) is 41.7 Å². The summed E-state index contributed by atoms with van der Waals surface area (Å²) in [5, 5.41) is 0.627. The van der Waals surface area contributed by atoms with Crippen molar-refractivity contribution in [1.29, 1.82) is 0 Å². The number of hydrogen-bond donors (Lipinski definition) is 1. The molecular formula is C14H11FN4OS2. The van der Waals surface area contributed by atoms with Gasteiger partial charge in [0.05, 0.1) is 16.3 Å². The van der Waals surface area contributed by atoms with Crippen molar-refractivity contribution in [2.24, 2.45) is 0 Å². The molecular weight excluding hydrogens is 323 g/mol. The Morgan fingerprint density at radius 2 is 1.91 bits per heavy atom. The lowest BCUT2D eigenvalue weighted by molar-refractivity contribution is 0.592. The summed E-state index contributed by atoms with van der Waals surface area (Å²) in [5.41, 5.74) is 7.76. The Morgan fingerprint density at radius 1 is 1.18 bits per heavy atom. The van der Waals surface area contributed by atoms with Gasteiger partial charge in [-0.05, 0) is 30.3 Å². The van der Waals surface area contributed by atoms with E-state index in [2.05, 4.69) is 15.0 Å². The second-order valence-electron chi connectivity index (χ2n) is 4.42. The molecule has 3 rings (SSSR count). The smallest absolute Gasteiger partial charge is 0.342 e. The first-order valence-corrected chi connectivity index (χ1v) is 8.61. The average molecular weight is 334 g/mol. The summed E-state index contributed by atoms with van der Waals surface area (Å²) >= 11 is -0.00864. The maximum atomic E-state index is 13.1. The van der Waals surface area contributed by atoms with Crippen LogP contribution in [-0.4, -0.2) is 25.8 Å². The highest BCUT2D eigenvalue weighted by molar-refractivity contribution is 7.90. The Hall–Kier alpha value is -2.03. The number of aromatic nitrogens is 3. The lowest BCUT2D eigenvalue weighted by Crippen LogP contribution is -2.04. The molecule has 112 valence electrons. The van der Waals surface area contributed by atoms with Gasteiger partial charge in [-0.25, -0.2) is 9.37 Å². The molecule has 0 radical (unpaired) electrons. The quantitative estimate of drug-likeness (QED) is 0.588. The van der Waals surface area contributed by atoms with Gasteiger partial charge in [0, 0.05) is 22.9 Å². The Labute approximate surface area is 133 Å². The van der Waals surface area contributed by atoms with E-state index in [0.717, 1.165) is 10.4 Å². The van der Waals surface area contributed by atoms with Crippen molar-refractivity contribution in [2.75, 3.05) is 12.0 Å². The van der Waals surface area contributed by atoms with Crippen LogP contribution < -0.4 is 5.73 Å². The van der Waals surface area contributed by atoms with Crippen molar-refractivity contribution < 1.29 is 8.94 Å². The molecule has 2 heterocycles. The number of rotatable bonds is 3. The number of nitrogens with zero attached hydrogens (tertiary/aromatic N) is 3. The van der Waals surface area contributed by atoms with Crippen LogP contribution in [0.1, 0.15) is 0 Å². The molecule has 22 heavy (non-hydrogen) atoms. The van der Waals surface area contributed by atoms with Gasteiger partial charge >= 0.3 is 5.16 Å². The van der Waals surface area contributed by atoms with Gasteiger partial charge in [0.25, 0.3) is 0 Å². The van der Waals surface area contributed by atoms with Gasteiger partial charge in [0.15, 0.2) is 5.13 Å². The van der Waals surface area contributed by atoms with Crippen molar-refractivity contribution in [3.8, 4) is 21.8 Å². The number of benzene rings is 1. The van der Waals surface area contributed by atoms with Crippen LogP contribution in [0.5, 0.6) is 0 Å². The first kappa shape index (κ1) is 14.9. The highest BCUT2D eigenvalue weighted by Gasteiger charge is 2.17. The van der Waals surface area contributed by atoms with Crippen LogP contribution in [0.25, 0.3) is 21.8 Å². The standard InChI is InChI=1S/C14H11FN4OS2/c1-22(20)14-17-7-6-10(18-14)12-11(19-13(16)21-12)8-2-4-9(15)5-3-8/h2-7H,1H3,(H2,16,19). The number of nitrogens with two attached hydrogens (primary N) is 1. The fraction of sp³-hybridized carbons (Fsp3) is 0.0714. The molecule has 2 aromatic heterocycles. The molecule has 0 aliphatic rings. The predicted molar refractivity (Wildman–Crippen MR) is 85.3 cm³/mol. The molecule has 8 heteroatoms. The van der Waals surface area contributed by atoms with Gasteiger partial charge in [0.1, 0.15) is 12.1 Å². The molecule has 0 fully saturated rings. The van der Waals surface area contributed by atoms with Crippen LogP contribution in [0, 0.1) is 5.82 Å². The molecule has 0 saturated carbocycles. The molecule has 1 aromatic carbocycles. The number of anilines is 1. The largest absolute Gasteiger partial charge is 0.609 e. The van der Waals surface area contributed by atoms with Crippen LogP contribution in [0.4, 0.5) is 9.52 Å². The molecule has 0 aliphatic carbocycles. The highest BCUT2D eigenvalue weighted by atomic mass is 32.2. The maximum absolute atomic E-state index is 13.1. The molecule has 0 bridgehead atoms. The van der Waals surface area contributed by atoms with Crippen LogP contribution >= 0.6 is 11.3 Å². The van der Waals surface area contributed by atoms with Crippen LogP contribution in [-0.2, 0) is 11.2 Å². The molecule has 0 spiro atoms. The topological polar surface area (TPSA) is 87.8 Å². The molecule has 3 aromatic rings. The first-order chi connectivity index (χ1) is 10.5. The van der Waals surface area contributed by atoms with Gasteiger partial charge in [0.2, 0.25) is 0 Å². The van der Waals surface area contributed by atoms with E-state index in [-0.39, 0.29) is 11.0 Å². The Balaban J connectivity index is 2.12. The third-order valence-corrected chi connectivity index (χ3v) is 4.50. The summed E-state index contributed by atoms with van der Waals surface area (Å²) in [6.07, 6.45) is 3.06. The number of hydrogen-bond acceptors (Lipinski definition) is 6. The van der Waals surface area contributed by atoms with Crippen LogP contribution in [0.2, 0.25) is 0 Å². The number of thiazole rings is 1. The molecule has 2 N–H and O–H groups in total. The third-order valence-electron chi connectivity index (χ3n) is 2.88. The lowest BCUT2D eigenvalue weighted by Gasteiger charge is -2.05. The summed E-state index contributed by atoms with van der Waals surface area (Å²) in [4.78, 5) is 13.3. The zero-order valence-electron chi connectivity index (χ0n) is 11.5. The minimum Gasteiger partial charge on any atom is -0.609 e. The fourth-order valence-electron chi connectivity index (χ4n) is 1.92. The van der Waals surface area contributed by atoms with E-state index in [1.54, 1.807) is 24.4 Å². The van der Waals surface area contributed by atoms with Crippen molar-refractivity contribution in [2.45, 2.75) is 5.16 Å². The SMILES string of the molecule is C[S+]([O-])c1nccc(-c2sc(N)nc2-c2ccc(F)cc2)n1. The summed E-state index contributed by atoms with van der Waals surface area (Å²) in [5.74, 6) is -0.320. The maximum Gasteiger partial charge on any atom is 0.342 e. The zero-order valence-corrected chi connectivity index (χ0v) is 13.1. The zero-order chi connectivity index (χ0) is 15.7. The molecule has 1 unspecified atom stereocenters. The lowest BCUT2D eigenvalue weighted by atomic mass is 10.1. The van der Waals surface area contributed by atoms with Crippen LogP contribution in [0.3, 0.4) is 0 Å². The van der Waals surface area contributed by atoms with E-state index in [9.17, 15) is 8.94 Å². The summed E-state index contributed by atoms with van der Waals surface area (Å²) < 4.78 is 24.6. The normalized spacial score (nSPS) is 12.3. The van der Waals surface area contributed by atoms with Gasteiger partial charge < -0.3 is 10.3 Å². The first-order valence-electron chi connectivity index (χ1n) is 6.23. The molecule has 5 nitrogen and oxygen atoms in total. The van der Waals surface area contributed by atoms with Crippen molar-refractivity contribution in [3.63, 3.8) is 0 Å². The van der Waals surface area contributed by atoms with E-state index >= 15 is 0 Å². The Morgan fingerprint density at radius 3 is 2.59 bits per heavy atom. The third kappa shape index (κ3) is 2.94. The van der Waals surface area contributed by atoms with Gasteiger partial charge in [-0.15, -0.1) is 0 Å². The van der Waals surface area contributed by atoms with E-state index in [0.29, 0.717) is 16.5 Å². The monoisotopic (exact) mass is 334 g/mol. The Bertz CT molecular complexity index is 805. The summed E-state index contributed by atoms with van der Waals surface area (Å²) in [7, 11) is 0. The summed E-state index contributed by atoms with van der Waals surface area (Å²) in [6.45, 7) is 0. The number of nitrogen functional groups attached to an aromatic ring is 1. The van der Waals surface area contributed by atoms with Gasteiger partial charge in [-0.3, -0.25) is 0 Å². The van der Waals surface area contributed by atoms with E-state index in [1.165, 1.54) is 29.7 Å². The minimum atomic E-state index is -1.28. The predicted octanol–water partition coefficient (Wildman–Crippen LogP) is 2.73. The molecule has 0 amide bonds. The number of halogens is 1. The molecule has 0 saturated heterocycles. The van der Waals surface area contributed by atoms with Gasteiger partial charge in [-0.2, -0.15) is 9.97 Å². The molecule has 0 aliphatic heterocycles. The second kappa shape index (κ2) is 5.99. The van der Waals surface area contributed by atoms with Crippen molar-refractivity contribution in [1.82, 2.24) is 15.0 Å². The fourth-order valence-corrected chi connectivity index (χ4v) is 3.18. The van der Waals surface area contributed by atoms with Crippen molar-refractivity contribution >= 4 is 27.6 Å². The van der Waals surface area contributed by atoms with Gasteiger partial charge in [-0.1, -0.05) is 11.3 Å². The summed E-state index contributed by atoms with van der Waals surface area (Å²) in [6, 6.07) is 7.69. The van der Waals surface area contributed by atoms with E-state index in [4.69, 9.17) is 5.73 Å².